The topological polar surface area (TPSA) is 50.4 Å². The quantitative estimate of drug-likeness (QED) is 0.785. The predicted octanol–water partition coefficient (Wildman–Crippen LogP) is 1.63. The van der Waals surface area contributed by atoms with E-state index in [1.54, 1.807) is 10.7 Å². The van der Waals surface area contributed by atoms with Gasteiger partial charge in [-0.3, -0.25) is 0 Å². The van der Waals surface area contributed by atoms with Crippen molar-refractivity contribution in [2.75, 3.05) is 0 Å². The first-order valence-electron chi connectivity index (χ1n) is 4.68. The molecule has 0 unspecified atom stereocenters. The van der Waals surface area contributed by atoms with Gasteiger partial charge in [-0.15, -0.1) is 0 Å². The van der Waals surface area contributed by atoms with Gasteiger partial charge in [0.25, 0.3) is 0 Å². The van der Waals surface area contributed by atoms with Crippen molar-refractivity contribution < 1.29 is 5.11 Å². The Balaban J connectivity index is 2.42. The van der Waals surface area contributed by atoms with Gasteiger partial charge in [0, 0.05) is 12.4 Å². The molecular weight excluding hydrogens is 178 g/mol. The number of aromatic hydroxyl groups is 1. The Hall–Kier alpha value is -1.58. The first kappa shape index (κ1) is 8.99. The zero-order chi connectivity index (χ0) is 10.1. The van der Waals surface area contributed by atoms with Crippen LogP contribution in [-0.2, 0) is 6.42 Å². The van der Waals surface area contributed by atoms with E-state index in [-0.39, 0.29) is 5.75 Å². The summed E-state index contributed by atoms with van der Waals surface area (Å²) >= 11 is 0. The number of hydrogen-bond acceptors (Lipinski definition) is 3. The lowest BCUT2D eigenvalue weighted by molar-refractivity contribution is 0.480. The molecule has 0 aromatic carbocycles. The fourth-order valence-corrected chi connectivity index (χ4v) is 1.48. The van der Waals surface area contributed by atoms with E-state index in [1.165, 1.54) is 6.20 Å². The summed E-state index contributed by atoms with van der Waals surface area (Å²) in [5.74, 6) is 0.722. The van der Waals surface area contributed by atoms with Gasteiger partial charge in [-0.25, -0.2) is 9.50 Å². The zero-order valence-electron chi connectivity index (χ0n) is 8.31. The molecule has 0 saturated carbocycles. The van der Waals surface area contributed by atoms with Gasteiger partial charge in [-0.2, -0.15) is 5.10 Å². The monoisotopic (exact) mass is 191 g/mol. The maximum absolute atomic E-state index is 9.34. The molecule has 0 spiro atoms. The lowest BCUT2D eigenvalue weighted by atomic mass is 10.1. The molecule has 74 valence electrons. The van der Waals surface area contributed by atoms with Crippen LogP contribution in [0.3, 0.4) is 0 Å². The summed E-state index contributed by atoms with van der Waals surface area (Å²) in [6, 6.07) is 0. The van der Waals surface area contributed by atoms with Crippen LogP contribution in [0.2, 0.25) is 0 Å². The summed E-state index contributed by atoms with van der Waals surface area (Å²) in [7, 11) is 0. The first-order valence-corrected chi connectivity index (χ1v) is 4.68. The second-order valence-corrected chi connectivity index (χ2v) is 3.86. The van der Waals surface area contributed by atoms with Gasteiger partial charge in [0.15, 0.2) is 11.4 Å². The third-order valence-corrected chi connectivity index (χ3v) is 2.04. The van der Waals surface area contributed by atoms with E-state index in [4.69, 9.17) is 0 Å². The highest BCUT2D eigenvalue weighted by Crippen LogP contribution is 2.15. The summed E-state index contributed by atoms with van der Waals surface area (Å²) in [6.07, 6.45) is 6.07. The Labute approximate surface area is 82.2 Å². The fourth-order valence-electron chi connectivity index (χ4n) is 1.48. The summed E-state index contributed by atoms with van der Waals surface area (Å²) in [6.45, 7) is 4.31. The van der Waals surface area contributed by atoms with Crippen molar-refractivity contribution in [1.82, 2.24) is 14.6 Å². The largest absolute Gasteiger partial charge is 0.503 e. The van der Waals surface area contributed by atoms with Crippen LogP contribution in [0.5, 0.6) is 5.75 Å². The molecule has 2 heterocycles. The summed E-state index contributed by atoms with van der Waals surface area (Å²) in [5, 5.41) is 13.3. The molecule has 14 heavy (non-hydrogen) atoms. The third kappa shape index (κ3) is 1.55. The van der Waals surface area contributed by atoms with E-state index >= 15 is 0 Å². The summed E-state index contributed by atoms with van der Waals surface area (Å²) < 4.78 is 1.60. The molecule has 0 saturated heterocycles. The molecule has 0 aliphatic heterocycles. The highest BCUT2D eigenvalue weighted by molar-refractivity contribution is 5.50. The summed E-state index contributed by atoms with van der Waals surface area (Å²) in [4.78, 5) is 4.14. The highest BCUT2D eigenvalue weighted by Gasteiger charge is 2.04. The molecule has 4 nitrogen and oxygen atoms in total. The van der Waals surface area contributed by atoms with Crippen molar-refractivity contribution in [3.05, 3.63) is 24.2 Å². The number of hydrogen-bond donors (Lipinski definition) is 1. The zero-order valence-corrected chi connectivity index (χ0v) is 8.31. The maximum atomic E-state index is 9.34. The van der Waals surface area contributed by atoms with Crippen molar-refractivity contribution in [2.45, 2.75) is 20.3 Å². The average molecular weight is 191 g/mol. The van der Waals surface area contributed by atoms with Crippen LogP contribution >= 0.6 is 0 Å². The lowest BCUT2D eigenvalue weighted by Gasteiger charge is -2.04. The normalized spacial score (nSPS) is 11.4. The maximum Gasteiger partial charge on any atom is 0.197 e. The van der Waals surface area contributed by atoms with E-state index < -0.39 is 0 Å². The van der Waals surface area contributed by atoms with Crippen LogP contribution in [-0.4, -0.2) is 19.7 Å². The number of aromatic nitrogens is 3. The van der Waals surface area contributed by atoms with E-state index in [0.717, 1.165) is 12.0 Å². The van der Waals surface area contributed by atoms with Crippen molar-refractivity contribution in [2.24, 2.45) is 5.92 Å². The third-order valence-electron chi connectivity index (χ3n) is 2.04. The van der Waals surface area contributed by atoms with Crippen LogP contribution in [0.4, 0.5) is 0 Å². The van der Waals surface area contributed by atoms with E-state index in [1.807, 2.05) is 6.20 Å². The summed E-state index contributed by atoms with van der Waals surface area (Å²) in [5.41, 5.74) is 1.65. The van der Waals surface area contributed by atoms with E-state index in [2.05, 4.69) is 23.9 Å². The minimum absolute atomic E-state index is 0.126. The Kier molecular flexibility index (Phi) is 2.11. The molecule has 0 aliphatic carbocycles. The SMILES string of the molecule is CC(C)Cc1cnc2c(O)cnn2c1. The smallest absolute Gasteiger partial charge is 0.197 e. The van der Waals surface area contributed by atoms with Crippen molar-refractivity contribution in [1.29, 1.82) is 0 Å². The Morgan fingerprint density at radius 2 is 2.21 bits per heavy atom. The number of fused-ring (bicyclic) bond motifs is 1. The van der Waals surface area contributed by atoms with Crippen molar-refractivity contribution in [3.63, 3.8) is 0 Å². The van der Waals surface area contributed by atoms with Crippen LogP contribution in [0.15, 0.2) is 18.6 Å². The average Bonchev–Trinajstić information content (AvgIpc) is 2.46. The molecule has 0 fully saturated rings. The molecule has 0 radical (unpaired) electrons. The Morgan fingerprint density at radius 1 is 1.43 bits per heavy atom. The molecule has 0 atom stereocenters. The second kappa shape index (κ2) is 3.29. The minimum Gasteiger partial charge on any atom is -0.503 e. The Bertz CT molecular complexity index is 448. The van der Waals surface area contributed by atoms with Crippen LogP contribution in [0, 0.1) is 5.92 Å². The predicted molar refractivity (Wildman–Crippen MR) is 53.2 cm³/mol. The molecular formula is C10H13N3O. The van der Waals surface area contributed by atoms with E-state index in [9.17, 15) is 5.11 Å². The molecule has 2 rings (SSSR count). The van der Waals surface area contributed by atoms with Crippen LogP contribution < -0.4 is 0 Å². The van der Waals surface area contributed by atoms with Gasteiger partial charge >= 0.3 is 0 Å². The van der Waals surface area contributed by atoms with Gasteiger partial charge in [-0.05, 0) is 17.9 Å². The molecule has 0 bridgehead atoms. The minimum atomic E-state index is 0.126. The van der Waals surface area contributed by atoms with Gasteiger partial charge < -0.3 is 5.11 Å². The van der Waals surface area contributed by atoms with Crippen LogP contribution in [0.25, 0.3) is 5.65 Å². The van der Waals surface area contributed by atoms with Crippen LogP contribution in [0.1, 0.15) is 19.4 Å². The fraction of sp³-hybridized carbons (Fsp3) is 0.400. The lowest BCUT2D eigenvalue weighted by Crippen LogP contribution is -1.98. The molecule has 4 heteroatoms. The second-order valence-electron chi connectivity index (χ2n) is 3.86. The molecule has 1 N–H and O–H groups in total. The van der Waals surface area contributed by atoms with Gasteiger partial charge in [0.1, 0.15) is 0 Å². The highest BCUT2D eigenvalue weighted by atomic mass is 16.3. The van der Waals surface area contributed by atoms with E-state index in [0.29, 0.717) is 11.6 Å². The first-order chi connectivity index (χ1) is 6.66. The number of rotatable bonds is 2. The standard InChI is InChI=1S/C10H13N3O/c1-7(2)3-8-4-11-10-9(14)5-12-13(10)6-8/h4-7,14H,3H2,1-2H3. The molecule has 0 amide bonds. The van der Waals surface area contributed by atoms with Gasteiger partial charge in [0.05, 0.1) is 6.20 Å². The van der Waals surface area contributed by atoms with Gasteiger partial charge in [-0.1, -0.05) is 13.8 Å². The molecule has 2 aromatic rings. The molecule has 2 aromatic heterocycles. The van der Waals surface area contributed by atoms with Crippen molar-refractivity contribution in [3.8, 4) is 5.75 Å². The van der Waals surface area contributed by atoms with Crippen molar-refractivity contribution >= 4 is 5.65 Å². The molecule has 0 aliphatic rings. The Morgan fingerprint density at radius 3 is 2.93 bits per heavy atom. The van der Waals surface area contributed by atoms with Gasteiger partial charge in [0.2, 0.25) is 0 Å². The number of nitrogens with zero attached hydrogens (tertiary/aromatic N) is 3.